The number of nitrogens with one attached hydrogen (secondary N) is 1. The lowest BCUT2D eigenvalue weighted by Crippen LogP contribution is -2.52. The number of nitrogens with zero attached hydrogens (tertiary/aromatic N) is 4. The van der Waals surface area contributed by atoms with E-state index in [1.54, 1.807) is 0 Å². The first-order valence-corrected chi connectivity index (χ1v) is 8.84. The van der Waals surface area contributed by atoms with Gasteiger partial charge in [0.2, 0.25) is 0 Å². The molecule has 132 valence electrons. The molecule has 2 aromatic rings. The lowest BCUT2D eigenvalue weighted by molar-refractivity contribution is -0.0428. The van der Waals surface area contributed by atoms with Gasteiger partial charge in [-0.15, -0.1) is 10.2 Å². The Hall–Kier alpha value is -2.41. The van der Waals surface area contributed by atoms with Gasteiger partial charge in [0, 0.05) is 13.0 Å². The van der Waals surface area contributed by atoms with Gasteiger partial charge in [0.1, 0.15) is 11.9 Å². The minimum absolute atomic E-state index is 0.0454. The van der Waals surface area contributed by atoms with E-state index in [9.17, 15) is 4.79 Å². The fraction of sp³-hybridized carbons (Fsp3) is 0.500. The number of aromatic nitrogens is 3. The van der Waals surface area contributed by atoms with Gasteiger partial charge in [0.05, 0.1) is 25.7 Å². The molecule has 7 heteroatoms. The highest BCUT2D eigenvalue weighted by atomic mass is 16.5. The highest BCUT2D eigenvalue weighted by Gasteiger charge is 2.30. The molecule has 2 atom stereocenters. The Bertz CT molecular complexity index is 745. The van der Waals surface area contributed by atoms with Crippen molar-refractivity contribution in [1.29, 1.82) is 0 Å². The van der Waals surface area contributed by atoms with E-state index in [0.717, 1.165) is 36.6 Å². The number of amides is 2. The SMILES string of the molecule is CC1COC(c2ccccc2)CN1C(=O)NCc1nnc2n1CCC2. The highest BCUT2D eigenvalue weighted by molar-refractivity contribution is 5.74. The van der Waals surface area contributed by atoms with Crippen LogP contribution in [0, 0.1) is 0 Å². The van der Waals surface area contributed by atoms with E-state index >= 15 is 0 Å². The minimum Gasteiger partial charge on any atom is -0.370 e. The summed E-state index contributed by atoms with van der Waals surface area (Å²) in [4.78, 5) is 14.5. The van der Waals surface area contributed by atoms with Gasteiger partial charge < -0.3 is 19.5 Å². The predicted octanol–water partition coefficient (Wildman–Crippen LogP) is 1.90. The zero-order chi connectivity index (χ0) is 17.2. The zero-order valence-electron chi connectivity index (χ0n) is 14.4. The molecular weight excluding hydrogens is 318 g/mol. The zero-order valence-corrected chi connectivity index (χ0v) is 14.4. The third-order valence-corrected chi connectivity index (χ3v) is 4.95. The molecule has 2 unspecified atom stereocenters. The van der Waals surface area contributed by atoms with Crippen LogP contribution in [0.2, 0.25) is 0 Å². The molecule has 0 aliphatic carbocycles. The van der Waals surface area contributed by atoms with Crippen molar-refractivity contribution in [2.75, 3.05) is 13.2 Å². The van der Waals surface area contributed by atoms with E-state index in [1.165, 1.54) is 0 Å². The second kappa shape index (κ2) is 6.84. The summed E-state index contributed by atoms with van der Waals surface area (Å²) in [7, 11) is 0. The van der Waals surface area contributed by atoms with Crippen LogP contribution in [0.3, 0.4) is 0 Å². The molecule has 1 saturated heterocycles. The summed E-state index contributed by atoms with van der Waals surface area (Å²) in [5.41, 5.74) is 1.10. The Morgan fingerprint density at radius 1 is 1.32 bits per heavy atom. The van der Waals surface area contributed by atoms with Crippen molar-refractivity contribution in [1.82, 2.24) is 25.0 Å². The molecule has 1 fully saturated rings. The quantitative estimate of drug-likeness (QED) is 0.925. The van der Waals surface area contributed by atoms with Crippen molar-refractivity contribution in [2.24, 2.45) is 0 Å². The van der Waals surface area contributed by atoms with Crippen LogP contribution in [0.4, 0.5) is 4.79 Å². The molecular formula is C18H23N5O2. The Morgan fingerprint density at radius 2 is 2.16 bits per heavy atom. The molecule has 0 spiro atoms. The number of rotatable bonds is 3. The van der Waals surface area contributed by atoms with Gasteiger partial charge in [-0.05, 0) is 18.9 Å². The Kier molecular flexibility index (Phi) is 4.40. The molecule has 1 N–H and O–H groups in total. The van der Waals surface area contributed by atoms with Gasteiger partial charge in [0.25, 0.3) is 0 Å². The topological polar surface area (TPSA) is 72.3 Å². The van der Waals surface area contributed by atoms with Gasteiger partial charge in [-0.25, -0.2) is 4.79 Å². The predicted molar refractivity (Wildman–Crippen MR) is 91.9 cm³/mol. The number of ether oxygens (including phenoxy) is 1. The summed E-state index contributed by atoms with van der Waals surface area (Å²) in [5, 5.41) is 11.4. The van der Waals surface area contributed by atoms with Gasteiger partial charge in [-0.3, -0.25) is 0 Å². The van der Waals surface area contributed by atoms with Gasteiger partial charge >= 0.3 is 6.03 Å². The number of fused-ring (bicyclic) bond motifs is 1. The molecule has 2 aliphatic rings. The molecule has 4 rings (SSSR count). The van der Waals surface area contributed by atoms with Crippen LogP contribution in [0.15, 0.2) is 30.3 Å². The number of carbonyl (C=O) groups is 1. The first-order chi connectivity index (χ1) is 12.2. The van der Waals surface area contributed by atoms with Gasteiger partial charge in [-0.2, -0.15) is 0 Å². The fourth-order valence-corrected chi connectivity index (χ4v) is 3.51. The summed E-state index contributed by atoms with van der Waals surface area (Å²) < 4.78 is 8.03. The van der Waals surface area contributed by atoms with Gasteiger partial charge in [0.15, 0.2) is 5.82 Å². The molecule has 0 radical (unpaired) electrons. The third kappa shape index (κ3) is 3.24. The van der Waals surface area contributed by atoms with Crippen LogP contribution in [-0.4, -0.2) is 44.9 Å². The maximum Gasteiger partial charge on any atom is 0.318 e. The van der Waals surface area contributed by atoms with Crippen molar-refractivity contribution in [2.45, 2.75) is 45.0 Å². The maximum absolute atomic E-state index is 12.7. The Morgan fingerprint density at radius 3 is 3.00 bits per heavy atom. The number of benzene rings is 1. The summed E-state index contributed by atoms with van der Waals surface area (Å²) in [6, 6.07) is 10.0. The van der Waals surface area contributed by atoms with Crippen LogP contribution in [0.25, 0.3) is 0 Å². The molecule has 1 aromatic carbocycles. The first kappa shape index (κ1) is 16.1. The second-order valence-corrected chi connectivity index (χ2v) is 6.68. The van der Waals surface area contributed by atoms with Crippen LogP contribution in [-0.2, 0) is 24.2 Å². The molecule has 2 amide bonds. The largest absolute Gasteiger partial charge is 0.370 e. The second-order valence-electron chi connectivity index (χ2n) is 6.68. The minimum atomic E-state index is -0.0829. The van der Waals surface area contributed by atoms with E-state index in [1.807, 2.05) is 42.2 Å². The number of aryl methyl sites for hydroxylation is 1. The molecule has 7 nitrogen and oxygen atoms in total. The smallest absolute Gasteiger partial charge is 0.318 e. The van der Waals surface area contributed by atoms with E-state index in [0.29, 0.717) is 19.7 Å². The highest BCUT2D eigenvalue weighted by Crippen LogP contribution is 2.24. The van der Waals surface area contributed by atoms with Crippen LogP contribution in [0.1, 0.15) is 36.7 Å². The number of morpholine rings is 1. The summed E-state index contributed by atoms with van der Waals surface area (Å²) in [6.07, 6.45) is 1.99. The molecule has 0 saturated carbocycles. The first-order valence-electron chi connectivity index (χ1n) is 8.84. The molecule has 3 heterocycles. The molecule has 2 aliphatic heterocycles. The van der Waals surface area contributed by atoms with E-state index < -0.39 is 0 Å². The standard InChI is InChI=1S/C18H23N5O2/c1-13-12-25-15(14-6-3-2-4-7-14)11-23(13)18(24)19-10-17-21-20-16-8-5-9-22(16)17/h2-4,6-7,13,15H,5,8-12H2,1H3,(H,19,24). The molecule has 1 aromatic heterocycles. The van der Waals surface area contributed by atoms with Crippen molar-refractivity contribution < 1.29 is 9.53 Å². The van der Waals surface area contributed by atoms with Crippen LogP contribution >= 0.6 is 0 Å². The van der Waals surface area contributed by atoms with E-state index in [2.05, 4.69) is 20.1 Å². The summed E-state index contributed by atoms with van der Waals surface area (Å²) >= 11 is 0. The number of hydrogen-bond acceptors (Lipinski definition) is 4. The van der Waals surface area contributed by atoms with Crippen molar-refractivity contribution in [3.05, 3.63) is 47.5 Å². The number of urea groups is 1. The lowest BCUT2D eigenvalue weighted by atomic mass is 10.1. The normalized spacial score (nSPS) is 22.7. The number of carbonyl (C=O) groups excluding carboxylic acids is 1. The van der Waals surface area contributed by atoms with Crippen molar-refractivity contribution in [3.8, 4) is 0 Å². The maximum atomic E-state index is 12.7. The van der Waals surface area contributed by atoms with Gasteiger partial charge in [-0.1, -0.05) is 30.3 Å². The van der Waals surface area contributed by atoms with E-state index in [4.69, 9.17) is 4.74 Å². The average Bonchev–Trinajstić information content (AvgIpc) is 3.25. The lowest BCUT2D eigenvalue weighted by Gasteiger charge is -2.38. The average molecular weight is 341 g/mol. The van der Waals surface area contributed by atoms with Crippen molar-refractivity contribution >= 4 is 6.03 Å². The summed E-state index contributed by atoms with van der Waals surface area (Å²) in [5.74, 6) is 1.86. The van der Waals surface area contributed by atoms with Crippen molar-refractivity contribution in [3.63, 3.8) is 0 Å². The third-order valence-electron chi connectivity index (χ3n) is 4.95. The monoisotopic (exact) mass is 341 g/mol. The number of hydrogen-bond donors (Lipinski definition) is 1. The Balaban J connectivity index is 1.39. The van der Waals surface area contributed by atoms with Crippen LogP contribution in [0.5, 0.6) is 0 Å². The Labute approximate surface area is 147 Å². The fourth-order valence-electron chi connectivity index (χ4n) is 3.51. The summed E-state index contributed by atoms with van der Waals surface area (Å²) in [6.45, 7) is 4.45. The van der Waals surface area contributed by atoms with Crippen LogP contribution < -0.4 is 5.32 Å². The van der Waals surface area contributed by atoms with E-state index in [-0.39, 0.29) is 18.2 Å². The molecule has 25 heavy (non-hydrogen) atoms. The molecule has 0 bridgehead atoms.